The zero-order valence-electron chi connectivity index (χ0n) is 17.0. The highest BCUT2D eigenvalue weighted by atomic mass is 19.1. The largest absolute Gasteiger partial charge is 0.347 e. The molecule has 0 amide bonds. The van der Waals surface area contributed by atoms with Crippen molar-refractivity contribution in [2.75, 3.05) is 33.1 Å². The van der Waals surface area contributed by atoms with Gasteiger partial charge in [0.05, 0.1) is 17.1 Å². The second-order valence-electron chi connectivity index (χ2n) is 7.45. The number of benzene rings is 1. The predicted octanol–water partition coefficient (Wildman–Crippen LogP) is 3.73. The second-order valence-corrected chi connectivity index (χ2v) is 7.45. The molecule has 3 aromatic heterocycles. The van der Waals surface area contributed by atoms with E-state index in [2.05, 4.69) is 22.0 Å². The third kappa shape index (κ3) is 3.82. The first kappa shape index (κ1) is 19.0. The minimum absolute atomic E-state index is 0.274. The topological polar surface area (TPSA) is 49.6 Å². The molecular formula is C22H23FN6. The number of imidazole rings is 1. The summed E-state index contributed by atoms with van der Waals surface area (Å²) in [5.41, 5.74) is 5.20. The molecule has 0 N–H and O–H groups in total. The SMILES string of the molecule is CN(C)Cc1ccn2c(-c3ccnc(N(C)C)n3)c(-c3ccc(F)cc3)nc2c1. The fourth-order valence-corrected chi connectivity index (χ4v) is 3.30. The molecule has 6 nitrogen and oxygen atoms in total. The van der Waals surface area contributed by atoms with Crippen LogP contribution in [0.15, 0.2) is 54.9 Å². The van der Waals surface area contributed by atoms with Crippen LogP contribution < -0.4 is 4.90 Å². The van der Waals surface area contributed by atoms with Crippen molar-refractivity contribution in [1.82, 2.24) is 24.3 Å². The van der Waals surface area contributed by atoms with E-state index in [1.807, 2.05) is 49.8 Å². The van der Waals surface area contributed by atoms with Gasteiger partial charge in [-0.1, -0.05) is 0 Å². The van der Waals surface area contributed by atoms with Gasteiger partial charge in [0.25, 0.3) is 0 Å². The van der Waals surface area contributed by atoms with Crippen molar-refractivity contribution >= 4 is 11.6 Å². The fourth-order valence-electron chi connectivity index (χ4n) is 3.30. The molecule has 0 saturated heterocycles. The average Bonchev–Trinajstić information content (AvgIpc) is 3.06. The van der Waals surface area contributed by atoms with Gasteiger partial charge in [0.15, 0.2) is 0 Å². The molecule has 148 valence electrons. The third-order valence-corrected chi connectivity index (χ3v) is 4.59. The first-order chi connectivity index (χ1) is 13.9. The van der Waals surface area contributed by atoms with Crippen LogP contribution in [0.1, 0.15) is 5.56 Å². The van der Waals surface area contributed by atoms with E-state index in [1.54, 1.807) is 18.3 Å². The van der Waals surface area contributed by atoms with E-state index in [9.17, 15) is 4.39 Å². The minimum atomic E-state index is -0.274. The van der Waals surface area contributed by atoms with E-state index < -0.39 is 0 Å². The number of hydrogen-bond donors (Lipinski definition) is 0. The van der Waals surface area contributed by atoms with Crippen molar-refractivity contribution in [3.05, 3.63) is 66.2 Å². The smallest absolute Gasteiger partial charge is 0.225 e. The van der Waals surface area contributed by atoms with Gasteiger partial charge in [-0.15, -0.1) is 0 Å². The van der Waals surface area contributed by atoms with Crippen molar-refractivity contribution in [1.29, 1.82) is 0 Å². The van der Waals surface area contributed by atoms with Gasteiger partial charge in [-0.3, -0.25) is 4.40 Å². The first-order valence-corrected chi connectivity index (χ1v) is 9.35. The zero-order valence-corrected chi connectivity index (χ0v) is 17.0. The summed E-state index contributed by atoms with van der Waals surface area (Å²) in [6, 6.07) is 12.4. The summed E-state index contributed by atoms with van der Waals surface area (Å²) in [5, 5.41) is 0. The summed E-state index contributed by atoms with van der Waals surface area (Å²) < 4.78 is 15.5. The number of nitrogens with zero attached hydrogens (tertiary/aromatic N) is 6. The van der Waals surface area contributed by atoms with Crippen LogP contribution in [0.5, 0.6) is 0 Å². The Hall–Kier alpha value is -3.32. The molecule has 0 aliphatic carbocycles. The maximum Gasteiger partial charge on any atom is 0.225 e. The van der Waals surface area contributed by atoms with Crippen LogP contribution in [0.3, 0.4) is 0 Å². The lowest BCUT2D eigenvalue weighted by Crippen LogP contribution is -2.13. The Morgan fingerprint density at radius 3 is 2.41 bits per heavy atom. The maximum atomic E-state index is 13.5. The molecule has 29 heavy (non-hydrogen) atoms. The molecule has 0 aliphatic rings. The predicted molar refractivity (Wildman–Crippen MR) is 113 cm³/mol. The molecule has 0 saturated carbocycles. The lowest BCUT2D eigenvalue weighted by atomic mass is 10.1. The highest BCUT2D eigenvalue weighted by molar-refractivity contribution is 5.80. The molecule has 7 heteroatoms. The molecule has 0 spiro atoms. The van der Waals surface area contributed by atoms with Gasteiger partial charge >= 0.3 is 0 Å². The van der Waals surface area contributed by atoms with Crippen molar-refractivity contribution in [2.45, 2.75) is 6.54 Å². The normalized spacial score (nSPS) is 11.4. The zero-order chi connectivity index (χ0) is 20.5. The van der Waals surface area contributed by atoms with Crippen LogP contribution in [0.4, 0.5) is 10.3 Å². The number of halogens is 1. The Balaban J connectivity index is 1.95. The van der Waals surface area contributed by atoms with Gasteiger partial charge in [0, 0.05) is 38.6 Å². The monoisotopic (exact) mass is 390 g/mol. The second kappa shape index (κ2) is 7.60. The number of anilines is 1. The number of aromatic nitrogens is 4. The molecule has 0 atom stereocenters. The van der Waals surface area contributed by atoms with E-state index in [-0.39, 0.29) is 5.82 Å². The molecular weight excluding hydrogens is 367 g/mol. The number of fused-ring (bicyclic) bond motifs is 1. The Labute approximate surface area is 169 Å². The van der Waals surface area contributed by atoms with E-state index in [1.165, 1.54) is 17.7 Å². The van der Waals surface area contributed by atoms with Gasteiger partial charge in [0.2, 0.25) is 5.95 Å². The lowest BCUT2D eigenvalue weighted by molar-refractivity contribution is 0.402. The van der Waals surface area contributed by atoms with Crippen LogP contribution in [-0.4, -0.2) is 52.4 Å². The number of hydrogen-bond acceptors (Lipinski definition) is 5. The number of pyridine rings is 1. The Bertz CT molecular complexity index is 1150. The summed E-state index contributed by atoms with van der Waals surface area (Å²) in [7, 11) is 7.88. The quantitative estimate of drug-likeness (QED) is 0.520. The molecule has 0 bridgehead atoms. The van der Waals surface area contributed by atoms with Gasteiger partial charge in [-0.05, 0) is 62.1 Å². The van der Waals surface area contributed by atoms with Crippen LogP contribution in [0.25, 0.3) is 28.3 Å². The van der Waals surface area contributed by atoms with Crippen molar-refractivity contribution < 1.29 is 4.39 Å². The van der Waals surface area contributed by atoms with Crippen LogP contribution in [0, 0.1) is 5.82 Å². The van der Waals surface area contributed by atoms with Crippen LogP contribution >= 0.6 is 0 Å². The Kier molecular flexibility index (Phi) is 4.98. The standard InChI is InChI=1S/C22H23FN6/c1-27(2)14-15-10-12-29-19(13-15)26-20(16-5-7-17(23)8-6-16)21(29)18-9-11-24-22(25-18)28(3)4/h5-13H,14H2,1-4H3. The lowest BCUT2D eigenvalue weighted by Gasteiger charge is -2.12. The average molecular weight is 390 g/mol. The molecule has 0 aliphatic heterocycles. The highest BCUT2D eigenvalue weighted by Crippen LogP contribution is 2.32. The van der Waals surface area contributed by atoms with E-state index >= 15 is 0 Å². The molecule has 4 aromatic rings. The molecule has 0 fully saturated rings. The van der Waals surface area contributed by atoms with E-state index in [4.69, 9.17) is 9.97 Å². The molecule has 0 radical (unpaired) electrons. The molecule has 0 unspecified atom stereocenters. The van der Waals surface area contributed by atoms with Crippen molar-refractivity contribution in [2.24, 2.45) is 0 Å². The summed E-state index contributed by atoms with van der Waals surface area (Å²) >= 11 is 0. The van der Waals surface area contributed by atoms with E-state index in [0.717, 1.165) is 34.8 Å². The van der Waals surface area contributed by atoms with Crippen LogP contribution in [0.2, 0.25) is 0 Å². The molecule has 3 heterocycles. The van der Waals surface area contributed by atoms with Gasteiger partial charge < -0.3 is 9.80 Å². The first-order valence-electron chi connectivity index (χ1n) is 9.35. The fraction of sp³-hybridized carbons (Fsp3) is 0.227. The van der Waals surface area contributed by atoms with E-state index in [0.29, 0.717) is 5.95 Å². The highest BCUT2D eigenvalue weighted by Gasteiger charge is 2.18. The van der Waals surface area contributed by atoms with Crippen molar-refractivity contribution in [3.8, 4) is 22.6 Å². The molecule has 4 rings (SSSR count). The summed E-state index contributed by atoms with van der Waals surface area (Å²) in [5.74, 6) is 0.344. The van der Waals surface area contributed by atoms with Gasteiger partial charge in [-0.25, -0.2) is 19.3 Å². The van der Waals surface area contributed by atoms with Gasteiger partial charge in [-0.2, -0.15) is 0 Å². The van der Waals surface area contributed by atoms with Crippen LogP contribution in [-0.2, 0) is 6.54 Å². The Morgan fingerprint density at radius 2 is 1.72 bits per heavy atom. The number of rotatable bonds is 5. The summed E-state index contributed by atoms with van der Waals surface area (Å²) in [4.78, 5) is 17.9. The maximum absolute atomic E-state index is 13.5. The van der Waals surface area contributed by atoms with Gasteiger partial charge in [0.1, 0.15) is 11.5 Å². The molecule has 1 aromatic carbocycles. The summed E-state index contributed by atoms with van der Waals surface area (Å²) in [6.07, 6.45) is 3.76. The Morgan fingerprint density at radius 1 is 0.966 bits per heavy atom. The van der Waals surface area contributed by atoms with Crippen molar-refractivity contribution in [3.63, 3.8) is 0 Å². The minimum Gasteiger partial charge on any atom is -0.347 e. The summed E-state index contributed by atoms with van der Waals surface area (Å²) in [6.45, 7) is 0.822. The third-order valence-electron chi connectivity index (χ3n) is 4.59.